The molecular formula is C22H18FIN2O4S. The first kappa shape index (κ1) is 22.9. The van der Waals surface area contributed by atoms with Crippen molar-refractivity contribution in [3.8, 4) is 0 Å². The van der Waals surface area contributed by atoms with Gasteiger partial charge in [-0.05, 0) is 64.9 Å². The van der Waals surface area contributed by atoms with Crippen LogP contribution in [0.15, 0.2) is 89.7 Å². The molecule has 6 nitrogen and oxygen atoms in total. The molecule has 0 fully saturated rings. The van der Waals surface area contributed by atoms with E-state index in [0.29, 0.717) is 11.1 Å². The predicted molar refractivity (Wildman–Crippen MR) is 125 cm³/mol. The molecule has 31 heavy (non-hydrogen) atoms. The average Bonchev–Trinajstić information content (AvgIpc) is 2.77. The Kier molecular flexibility index (Phi) is 7.06. The Hall–Kier alpha value is -2.79. The maximum Gasteiger partial charge on any atom is 0.269 e. The molecule has 0 saturated heterocycles. The maximum absolute atomic E-state index is 15.6. The molecule has 0 N–H and O–H groups in total. The number of aryl methyl sites for hydroxylation is 1. The number of benzene rings is 3. The minimum atomic E-state index is -4.20. The first-order chi connectivity index (χ1) is 14.7. The molecule has 3 aromatic rings. The molecule has 0 spiro atoms. The molecule has 0 amide bonds. The minimum absolute atomic E-state index is 0.0270. The Bertz CT molecular complexity index is 1210. The van der Waals surface area contributed by atoms with Gasteiger partial charge in [-0.15, -0.1) is 0 Å². The number of rotatable bonds is 7. The van der Waals surface area contributed by atoms with E-state index in [0.717, 1.165) is 9.87 Å². The van der Waals surface area contributed by atoms with Gasteiger partial charge in [0.1, 0.15) is 0 Å². The van der Waals surface area contributed by atoms with E-state index in [9.17, 15) is 18.5 Å². The third kappa shape index (κ3) is 5.28. The summed E-state index contributed by atoms with van der Waals surface area (Å²) in [6.45, 7) is 1.62. The number of sulfonamides is 1. The van der Waals surface area contributed by atoms with Crippen molar-refractivity contribution >= 4 is 41.9 Å². The van der Waals surface area contributed by atoms with Crippen LogP contribution in [0, 0.1) is 17.0 Å². The van der Waals surface area contributed by atoms with Crippen LogP contribution in [0.2, 0.25) is 0 Å². The fraction of sp³-hybridized carbons (Fsp3) is 0.0909. The first-order valence-electron chi connectivity index (χ1n) is 9.13. The van der Waals surface area contributed by atoms with Gasteiger partial charge in [0.05, 0.1) is 19.9 Å². The van der Waals surface area contributed by atoms with Crippen molar-refractivity contribution in [1.82, 2.24) is 4.31 Å². The van der Waals surface area contributed by atoms with Crippen LogP contribution in [0.4, 0.5) is 10.1 Å². The van der Waals surface area contributed by atoms with Crippen molar-refractivity contribution in [3.63, 3.8) is 0 Å². The molecule has 0 aliphatic heterocycles. The zero-order chi connectivity index (χ0) is 22.6. The van der Waals surface area contributed by atoms with Crippen LogP contribution in [0.3, 0.4) is 0 Å². The predicted octanol–water partition coefficient (Wildman–Crippen LogP) is 5.82. The highest BCUT2D eigenvalue weighted by Gasteiger charge is 2.29. The third-order valence-corrected chi connectivity index (χ3v) is 7.32. The summed E-state index contributed by atoms with van der Waals surface area (Å²) in [6.07, 6.45) is 0. The summed E-state index contributed by atoms with van der Waals surface area (Å²) >= 11 is 1.71. The second-order valence-corrected chi connectivity index (χ2v) is 9.66. The highest BCUT2D eigenvalue weighted by Crippen LogP contribution is 2.34. The fourth-order valence-corrected chi connectivity index (χ4v) is 4.97. The third-order valence-electron chi connectivity index (χ3n) is 4.51. The van der Waals surface area contributed by atoms with Crippen molar-refractivity contribution in [2.24, 2.45) is 0 Å². The molecule has 0 heterocycles. The summed E-state index contributed by atoms with van der Waals surface area (Å²) in [5.74, 6) is -0.959. The summed E-state index contributed by atoms with van der Waals surface area (Å²) in [5, 5.41) is 10.9. The monoisotopic (exact) mass is 552 g/mol. The van der Waals surface area contributed by atoms with Gasteiger partial charge in [-0.2, -0.15) is 4.39 Å². The standard InChI is InChI=1S/C22H18FIN2O4S/c1-16-7-13-20(14-8-16)31(29,30)25(15-17-5-3-2-4-6-17)22(23)21(24)18-9-11-19(12-10-18)26(27)28/h2-14H,15H2,1H3/b22-21-. The molecule has 160 valence electrons. The molecular weight excluding hydrogens is 534 g/mol. The first-order valence-corrected chi connectivity index (χ1v) is 11.7. The molecule has 0 aliphatic carbocycles. The Balaban J connectivity index is 2.09. The van der Waals surface area contributed by atoms with E-state index < -0.39 is 20.9 Å². The zero-order valence-electron chi connectivity index (χ0n) is 16.4. The largest absolute Gasteiger partial charge is 0.269 e. The molecule has 0 aliphatic rings. The van der Waals surface area contributed by atoms with Crippen LogP contribution in [0.1, 0.15) is 16.7 Å². The van der Waals surface area contributed by atoms with E-state index in [1.165, 1.54) is 36.4 Å². The van der Waals surface area contributed by atoms with E-state index in [1.807, 2.05) is 6.92 Å². The molecule has 3 rings (SSSR count). The molecule has 0 bridgehead atoms. The lowest BCUT2D eigenvalue weighted by Gasteiger charge is -2.24. The van der Waals surface area contributed by atoms with Gasteiger partial charge in [-0.25, -0.2) is 12.7 Å². The quantitative estimate of drug-likeness (QED) is 0.160. The Morgan fingerprint density at radius 1 is 1.00 bits per heavy atom. The number of hydrogen-bond acceptors (Lipinski definition) is 4. The Labute approximate surface area is 193 Å². The van der Waals surface area contributed by atoms with Crippen LogP contribution in [-0.4, -0.2) is 17.6 Å². The topological polar surface area (TPSA) is 80.5 Å². The molecule has 0 saturated carbocycles. The fourth-order valence-electron chi connectivity index (χ4n) is 2.80. The van der Waals surface area contributed by atoms with E-state index in [2.05, 4.69) is 0 Å². The number of halogens is 2. The molecule has 3 aromatic carbocycles. The lowest BCUT2D eigenvalue weighted by molar-refractivity contribution is -0.384. The van der Waals surface area contributed by atoms with Gasteiger partial charge in [-0.3, -0.25) is 10.1 Å². The van der Waals surface area contributed by atoms with Gasteiger partial charge < -0.3 is 0 Å². The van der Waals surface area contributed by atoms with Crippen molar-refractivity contribution < 1.29 is 17.7 Å². The lowest BCUT2D eigenvalue weighted by atomic mass is 10.2. The van der Waals surface area contributed by atoms with Crippen molar-refractivity contribution in [1.29, 1.82) is 0 Å². The number of non-ortho nitro benzene ring substituents is 1. The van der Waals surface area contributed by atoms with Gasteiger partial charge >= 0.3 is 0 Å². The van der Waals surface area contributed by atoms with Crippen LogP contribution in [-0.2, 0) is 16.6 Å². The van der Waals surface area contributed by atoms with E-state index in [-0.39, 0.29) is 20.7 Å². The summed E-state index contributed by atoms with van der Waals surface area (Å²) in [4.78, 5) is 10.3. The summed E-state index contributed by atoms with van der Waals surface area (Å²) in [6, 6.07) is 20.1. The Morgan fingerprint density at radius 3 is 2.13 bits per heavy atom. The lowest BCUT2D eigenvalue weighted by Crippen LogP contribution is -2.29. The van der Waals surface area contributed by atoms with Crippen molar-refractivity contribution in [2.75, 3.05) is 0 Å². The van der Waals surface area contributed by atoms with Crippen molar-refractivity contribution in [2.45, 2.75) is 18.4 Å². The van der Waals surface area contributed by atoms with Gasteiger partial charge in [0.25, 0.3) is 15.7 Å². The van der Waals surface area contributed by atoms with E-state index in [1.54, 1.807) is 65.1 Å². The number of hydrogen-bond donors (Lipinski definition) is 0. The maximum atomic E-state index is 15.6. The molecule has 0 radical (unpaired) electrons. The second-order valence-electron chi connectivity index (χ2n) is 6.72. The number of nitro groups is 1. The van der Waals surface area contributed by atoms with Gasteiger partial charge in [-0.1, -0.05) is 48.0 Å². The van der Waals surface area contributed by atoms with E-state index >= 15 is 4.39 Å². The van der Waals surface area contributed by atoms with Gasteiger partial charge in [0.15, 0.2) is 0 Å². The molecule has 0 unspecified atom stereocenters. The van der Waals surface area contributed by atoms with Crippen LogP contribution in [0.5, 0.6) is 0 Å². The van der Waals surface area contributed by atoms with Crippen LogP contribution in [0.25, 0.3) is 3.58 Å². The second kappa shape index (κ2) is 9.56. The van der Waals surface area contributed by atoms with Crippen molar-refractivity contribution in [3.05, 3.63) is 112 Å². The zero-order valence-corrected chi connectivity index (χ0v) is 19.4. The molecule has 0 atom stereocenters. The van der Waals surface area contributed by atoms with Crippen LogP contribution >= 0.6 is 22.6 Å². The smallest absolute Gasteiger partial charge is 0.258 e. The SMILES string of the molecule is Cc1ccc(S(=O)(=O)N(Cc2ccccc2)/C(F)=C(\I)c2ccc([N+](=O)[O-])cc2)cc1. The Morgan fingerprint density at radius 2 is 1.58 bits per heavy atom. The highest BCUT2D eigenvalue weighted by atomic mass is 127. The highest BCUT2D eigenvalue weighted by molar-refractivity contribution is 14.1. The summed E-state index contributed by atoms with van der Waals surface area (Å²) in [5.41, 5.74) is 1.69. The normalized spacial score (nSPS) is 12.2. The van der Waals surface area contributed by atoms with Gasteiger partial charge in [0.2, 0.25) is 5.95 Å². The average molecular weight is 552 g/mol. The van der Waals surface area contributed by atoms with Gasteiger partial charge in [0, 0.05) is 12.1 Å². The number of nitro benzene ring substituents is 1. The van der Waals surface area contributed by atoms with E-state index in [4.69, 9.17) is 0 Å². The number of nitrogens with zero attached hydrogens (tertiary/aromatic N) is 2. The molecule has 0 aromatic heterocycles. The summed E-state index contributed by atoms with van der Waals surface area (Å²) in [7, 11) is -4.20. The van der Waals surface area contributed by atoms with Crippen LogP contribution < -0.4 is 0 Å². The minimum Gasteiger partial charge on any atom is -0.258 e. The summed E-state index contributed by atoms with van der Waals surface area (Å²) < 4.78 is 43.0. The molecule has 9 heteroatoms.